The van der Waals surface area contributed by atoms with Crippen molar-refractivity contribution in [2.75, 3.05) is 33.2 Å². The molecule has 15 heavy (non-hydrogen) atoms. The van der Waals surface area contributed by atoms with Gasteiger partial charge in [0.05, 0.1) is 6.04 Å². The number of rotatable bonds is 5. The Bertz CT molecular complexity index is 190. The van der Waals surface area contributed by atoms with Crippen LogP contribution >= 0.6 is 0 Å². The van der Waals surface area contributed by atoms with Gasteiger partial charge in [-0.15, -0.1) is 0 Å². The van der Waals surface area contributed by atoms with Crippen LogP contribution in [0.4, 0.5) is 0 Å². The van der Waals surface area contributed by atoms with E-state index in [1.807, 2.05) is 0 Å². The second-order valence-corrected chi connectivity index (χ2v) is 4.19. The maximum absolute atomic E-state index is 11.7. The molecule has 1 fully saturated rings. The van der Waals surface area contributed by atoms with Crippen LogP contribution in [0.3, 0.4) is 0 Å². The van der Waals surface area contributed by atoms with Crippen LogP contribution in [0, 0.1) is 0 Å². The predicted octanol–water partition coefficient (Wildman–Crippen LogP) is 0.196. The van der Waals surface area contributed by atoms with Gasteiger partial charge in [0.25, 0.3) is 0 Å². The molecule has 1 saturated heterocycles. The first-order valence-corrected chi connectivity index (χ1v) is 5.93. The molecule has 88 valence electrons. The van der Waals surface area contributed by atoms with Crippen molar-refractivity contribution in [3.8, 4) is 0 Å². The average molecular weight is 213 g/mol. The number of nitrogens with zero attached hydrogens (tertiary/aromatic N) is 1. The van der Waals surface area contributed by atoms with E-state index in [1.54, 1.807) is 0 Å². The van der Waals surface area contributed by atoms with Crippen LogP contribution < -0.4 is 10.6 Å². The lowest BCUT2D eigenvalue weighted by molar-refractivity contribution is -0.123. The van der Waals surface area contributed by atoms with Gasteiger partial charge in [-0.3, -0.25) is 4.79 Å². The highest BCUT2D eigenvalue weighted by Crippen LogP contribution is 2.06. The van der Waals surface area contributed by atoms with Crippen molar-refractivity contribution in [2.24, 2.45) is 0 Å². The van der Waals surface area contributed by atoms with E-state index in [-0.39, 0.29) is 11.9 Å². The first-order valence-electron chi connectivity index (χ1n) is 5.93. The maximum Gasteiger partial charge on any atom is 0.237 e. The highest BCUT2D eigenvalue weighted by Gasteiger charge is 2.19. The van der Waals surface area contributed by atoms with Crippen molar-refractivity contribution in [3.63, 3.8) is 0 Å². The van der Waals surface area contributed by atoms with Gasteiger partial charge in [-0.25, -0.2) is 0 Å². The zero-order chi connectivity index (χ0) is 11.1. The number of hydrogen-bond acceptors (Lipinski definition) is 3. The van der Waals surface area contributed by atoms with E-state index >= 15 is 0 Å². The molecule has 0 aromatic carbocycles. The Labute approximate surface area is 92.4 Å². The number of carbonyl (C=O) groups is 1. The molecule has 0 aromatic rings. The SMILES string of the molecule is CCN(C)CCNC(=O)[C@@H]1CCCCN1. The third-order valence-corrected chi connectivity index (χ3v) is 2.96. The molecule has 1 amide bonds. The lowest BCUT2D eigenvalue weighted by Gasteiger charge is -2.23. The first-order chi connectivity index (χ1) is 7.24. The fourth-order valence-corrected chi connectivity index (χ4v) is 1.73. The van der Waals surface area contributed by atoms with Crippen molar-refractivity contribution in [2.45, 2.75) is 32.2 Å². The highest BCUT2D eigenvalue weighted by atomic mass is 16.2. The monoisotopic (exact) mass is 213 g/mol. The third-order valence-electron chi connectivity index (χ3n) is 2.96. The fraction of sp³-hybridized carbons (Fsp3) is 0.909. The van der Waals surface area contributed by atoms with Gasteiger partial charge >= 0.3 is 0 Å². The minimum Gasteiger partial charge on any atom is -0.353 e. The summed E-state index contributed by atoms with van der Waals surface area (Å²) in [4.78, 5) is 13.9. The predicted molar refractivity (Wildman–Crippen MR) is 61.8 cm³/mol. The van der Waals surface area contributed by atoms with Gasteiger partial charge in [-0.2, -0.15) is 0 Å². The quantitative estimate of drug-likeness (QED) is 0.685. The molecule has 0 radical (unpaired) electrons. The molecule has 1 rings (SSSR count). The molecule has 1 aliphatic rings. The molecule has 1 atom stereocenters. The van der Waals surface area contributed by atoms with Gasteiger partial charge in [-0.05, 0) is 33.0 Å². The number of piperidine rings is 1. The Kier molecular flexibility index (Phi) is 5.65. The summed E-state index contributed by atoms with van der Waals surface area (Å²) in [6.45, 7) is 5.80. The van der Waals surface area contributed by atoms with Crippen molar-refractivity contribution < 1.29 is 4.79 Å². The molecule has 0 bridgehead atoms. The van der Waals surface area contributed by atoms with Gasteiger partial charge in [0.1, 0.15) is 0 Å². The van der Waals surface area contributed by atoms with E-state index in [1.165, 1.54) is 12.8 Å². The molecule has 1 heterocycles. The normalized spacial score (nSPS) is 21.7. The lowest BCUT2D eigenvalue weighted by atomic mass is 10.0. The topological polar surface area (TPSA) is 44.4 Å². The van der Waals surface area contributed by atoms with Crippen molar-refractivity contribution in [1.29, 1.82) is 0 Å². The fourth-order valence-electron chi connectivity index (χ4n) is 1.73. The van der Waals surface area contributed by atoms with Crippen LogP contribution in [-0.4, -0.2) is 50.1 Å². The number of likely N-dealkylation sites (N-methyl/N-ethyl adjacent to an activating group) is 1. The molecule has 0 spiro atoms. The van der Waals surface area contributed by atoms with Gasteiger partial charge < -0.3 is 15.5 Å². The Balaban J connectivity index is 2.12. The average Bonchev–Trinajstić information content (AvgIpc) is 2.29. The Morgan fingerprint density at radius 1 is 1.53 bits per heavy atom. The Morgan fingerprint density at radius 2 is 2.33 bits per heavy atom. The maximum atomic E-state index is 11.7. The van der Waals surface area contributed by atoms with Crippen LogP contribution in [0.1, 0.15) is 26.2 Å². The van der Waals surface area contributed by atoms with Crippen LogP contribution in [0.5, 0.6) is 0 Å². The standard InChI is InChI=1S/C11H23N3O/c1-3-14(2)9-8-13-11(15)10-6-4-5-7-12-10/h10,12H,3-9H2,1-2H3,(H,13,15)/t10-/m0/s1. The molecule has 0 unspecified atom stereocenters. The number of nitrogens with one attached hydrogen (secondary N) is 2. The zero-order valence-electron chi connectivity index (χ0n) is 9.88. The number of carbonyl (C=O) groups excluding carboxylic acids is 1. The minimum absolute atomic E-state index is 0.0469. The number of hydrogen-bond donors (Lipinski definition) is 2. The van der Waals surface area contributed by atoms with Gasteiger partial charge in [0.2, 0.25) is 5.91 Å². The second-order valence-electron chi connectivity index (χ2n) is 4.19. The van der Waals surface area contributed by atoms with E-state index in [4.69, 9.17) is 0 Å². The van der Waals surface area contributed by atoms with Crippen LogP contribution in [-0.2, 0) is 4.79 Å². The molecule has 1 aliphatic heterocycles. The molecule has 2 N–H and O–H groups in total. The third kappa shape index (κ3) is 4.62. The summed E-state index contributed by atoms with van der Waals surface area (Å²) in [6, 6.07) is 0.0469. The summed E-state index contributed by atoms with van der Waals surface area (Å²) in [5, 5.41) is 6.22. The summed E-state index contributed by atoms with van der Waals surface area (Å²) in [5.41, 5.74) is 0. The molecular weight excluding hydrogens is 190 g/mol. The van der Waals surface area contributed by atoms with E-state index in [2.05, 4.69) is 29.5 Å². The largest absolute Gasteiger partial charge is 0.353 e. The molecule has 0 aliphatic carbocycles. The highest BCUT2D eigenvalue weighted by molar-refractivity contribution is 5.81. The summed E-state index contributed by atoms with van der Waals surface area (Å²) in [5.74, 6) is 0.166. The first kappa shape index (κ1) is 12.5. The molecule has 4 nitrogen and oxygen atoms in total. The Morgan fingerprint density at radius 3 is 2.93 bits per heavy atom. The minimum atomic E-state index is 0.0469. The van der Waals surface area contributed by atoms with E-state index < -0.39 is 0 Å². The number of amides is 1. The van der Waals surface area contributed by atoms with Gasteiger partial charge in [-0.1, -0.05) is 13.3 Å². The van der Waals surface area contributed by atoms with Gasteiger partial charge in [0, 0.05) is 13.1 Å². The van der Waals surface area contributed by atoms with Crippen molar-refractivity contribution >= 4 is 5.91 Å². The smallest absolute Gasteiger partial charge is 0.237 e. The van der Waals surface area contributed by atoms with Crippen molar-refractivity contribution in [1.82, 2.24) is 15.5 Å². The van der Waals surface area contributed by atoms with Crippen LogP contribution in [0.2, 0.25) is 0 Å². The summed E-state index contributed by atoms with van der Waals surface area (Å²) < 4.78 is 0. The van der Waals surface area contributed by atoms with E-state index in [9.17, 15) is 4.79 Å². The van der Waals surface area contributed by atoms with Gasteiger partial charge in [0.15, 0.2) is 0 Å². The van der Waals surface area contributed by atoms with E-state index in [0.717, 1.165) is 32.6 Å². The summed E-state index contributed by atoms with van der Waals surface area (Å²) >= 11 is 0. The van der Waals surface area contributed by atoms with E-state index in [0.29, 0.717) is 0 Å². The second kappa shape index (κ2) is 6.80. The van der Waals surface area contributed by atoms with Crippen LogP contribution in [0.15, 0.2) is 0 Å². The zero-order valence-corrected chi connectivity index (χ0v) is 9.88. The molecule has 0 saturated carbocycles. The molecule has 4 heteroatoms. The van der Waals surface area contributed by atoms with Crippen molar-refractivity contribution in [3.05, 3.63) is 0 Å². The summed E-state index contributed by atoms with van der Waals surface area (Å²) in [6.07, 6.45) is 3.34. The lowest BCUT2D eigenvalue weighted by Crippen LogP contribution is -2.47. The molecule has 0 aromatic heterocycles. The summed E-state index contributed by atoms with van der Waals surface area (Å²) in [7, 11) is 2.06. The molecular formula is C11H23N3O. The Hall–Kier alpha value is -0.610. The van der Waals surface area contributed by atoms with Crippen LogP contribution in [0.25, 0.3) is 0 Å².